The summed E-state index contributed by atoms with van der Waals surface area (Å²) >= 11 is 0. The van der Waals surface area contributed by atoms with Gasteiger partial charge in [0, 0.05) is 25.5 Å². The average Bonchev–Trinajstić information content (AvgIpc) is 2.82. The van der Waals surface area contributed by atoms with Crippen LogP contribution in [0.2, 0.25) is 0 Å². The van der Waals surface area contributed by atoms with Gasteiger partial charge >= 0.3 is 0 Å². The van der Waals surface area contributed by atoms with Gasteiger partial charge in [0.1, 0.15) is 5.82 Å². The van der Waals surface area contributed by atoms with Crippen molar-refractivity contribution in [1.82, 2.24) is 14.9 Å². The molecule has 94 valence electrons. The average molecular weight is 241 g/mol. The Morgan fingerprint density at radius 1 is 1.33 bits per heavy atom. The van der Waals surface area contributed by atoms with Crippen LogP contribution in [-0.2, 0) is 26.4 Å². The van der Waals surface area contributed by atoms with E-state index < -0.39 is 0 Å². The second kappa shape index (κ2) is 4.94. The van der Waals surface area contributed by atoms with E-state index in [0.29, 0.717) is 6.04 Å². The molecule has 0 fully saturated rings. The second-order valence-electron chi connectivity index (χ2n) is 5.04. The first-order valence-corrected chi connectivity index (χ1v) is 6.59. The van der Waals surface area contributed by atoms with Gasteiger partial charge in [-0.3, -0.25) is 0 Å². The standard InChI is InChI=1S/C15H19N3/c1-18-9-8-16-15(18)11-17-14-7-6-12-4-2-3-5-13(12)10-14/h2-5,8-9,14,17H,6-7,10-11H2,1H3. The van der Waals surface area contributed by atoms with Gasteiger partial charge in [-0.15, -0.1) is 0 Å². The number of hydrogen-bond donors (Lipinski definition) is 1. The quantitative estimate of drug-likeness (QED) is 0.891. The molecule has 1 aromatic carbocycles. The van der Waals surface area contributed by atoms with Crippen LogP contribution in [0.25, 0.3) is 0 Å². The van der Waals surface area contributed by atoms with Crippen molar-refractivity contribution >= 4 is 0 Å². The van der Waals surface area contributed by atoms with Crippen LogP contribution in [-0.4, -0.2) is 15.6 Å². The molecule has 0 bridgehead atoms. The highest BCUT2D eigenvalue weighted by atomic mass is 15.1. The molecule has 1 atom stereocenters. The maximum atomic E-state index is 4.34. The minimum atomic E-state index is 0.580. The summed E-state index contributed by atoms with van der Waals surface area (Å²) in [5.74, 6) is 1.11. The Morgan fingerprint density at radius 2 is 2.17 bits per heavy atom. The molecule has 3 rings (SSSR count). The lowest BCUT2D eigenvalue weighted by molar-refractivity contribution is 0.448. The first-order chi connectivity index (χ1) is 8.83. The number of benzene rings is 1. The maximum Gasteiger partial charge on any atom is 0.122 e. The number of rotatable bonds is 3. The number of imidazole rings is 1. The van der Waals surface area contributed by atoms with Crippen LogP contribution in [0.5, 0.6) is 0 Å². The molecule has 3 nitrogen and oxygen atoms in total. The van der Waals surface area contributed by atoms with Crippen molar-refractivity contribution in [3.63, 3.8) is 0 Å². The summed E-state index contributed by atoms with van der Waals surface area (Å²) in [4.78, 5) is 4.34. The lowest BCUT2D eigenvalue weighted by atomic mass is 9.88. The second-order valence-corrected chi connectivity index (χ2v) is 5.04. The highest BCUT2D eigenvalue weighted by Gasteiger charge is 2.17. The van der Waals surface area contributed by atoms with E-state index in [1.54, 1.807) is 0 Å². The smallest absolute Gasteiger partial charge is 0.122 e. The largest absolute Gasteiger partial charge is 0.337 e. The summed E-state index contributed by atoms with van der Waals surface area (Å²) in [6, 6.07) is 9.37. The third-order valence-electron chi connectivity index (χ3n) is 3.82. The van der Waals surface area contributed by atoms with Crippen molar-refractivity contribution < 1.29 is 0 Å². The summed E-state index contributed by atoms with van der Waals surface area (Å²) in [6.07, 6.45) is 7.40. The van der Waals surface area contributed by atoms with Crippen molar-refractivity contribution in [2.45, 2.75) is 31.8 Å². The van der Waals surface area contributed by atoms with E-state index in [1.807, 2.05) is 19.4 Å². The van der Waals surface area contributed by atoms with Crippen LogP contribution in [0, 0.1) is 0 Å². The molecule has 1 aliphatic rings. The Bertz CT molecular complexity index is 530. The molecule has 1 aromatic heterocycles. The van der Waals surface area contributed by atoms with Gasteiger partial charge in [-0.2, -0.15) is 0 Å². The number of hydrogen-bond acceptors (Lipinski definition) is 2. The number of fused-ring (bicyclic) bond motifs is 1. The van der Waals surface area contributed by atoms with E-state index in [9.17, 15) is 0 Å². The summed E-state index contributed by atoms with van der Waals surface area (Å²) in [5, 5.41) is 3.62. The van der Waals surface area contributed by atoms with Crippen LogP contribution >= 0.6 is 0 Å². The molecule has 1 N–H and O–H groups in total. The zero-order valence-electron chi connectivity index (χ0n) is 10.8. The Balaban J connectivity index is 1.61. The van der Waals surface area contributed by atoms with Gasteiger partial charge in [0.2, 0.25) is 0 Å². The first kappa shape index (κ1) is 11.5. The van der Waals surface area contributed by atoms with Gasteiger partial charge in [-0.05, 0) is 30.4 Å². The number of nitrogens with one attached hydrogen (secondary N) is 1. The van der Waals surface area contributed by atoms with Crippen LogP contribution in [0.1, 0.15) is 23.4 Å². The molecular weight excluding hydrogens is 222 g/mol. The zero-order valence-corrected chi connectivity index (χ0v) is 10.8. The number of aryl methyl sites for hydroxylation is 2. The molecule has 0 amide bonds. The molecule has 0 aliphatic heterocycles. The summed E-state index contributed by atoms with van der Waals surface area (Å²) in [5.41, 5.74) is 3.02. The lowest BCUT2D eigenvalue weighted by Gasteiger charge is -2.25. The lowest BCUT2D eigenvalue weighted by Crippen LogP contribution is -2.34. The Labute approximate surface area is 108 Å². The predicted octanol–water partition coefficient (Wildman–Crippen LogP) is 2.07. The van der Waals surface area contributed by atoms with E-state index in [0.717, 1.165) is 18.8 Å². The fourth-order valence-electron chi connectivity index (χ4n) is 2.67. The molecule has 0 radical (unpaired) electrons. The minimum Gasteiger partial charge on any atom is -0.337 e. The van der Waals surface area contributed by atoms with Gasteiger partial charge in [0.25, 0.3) is 0 Å². The Kier molecular flexibility index (Phi) is 3.15. The van der Waals surface area contributed by atoms with Crippen LogP contribution in [0.15, 0.2) is 36.7 Å². The van der Waals surface area contributed by atoms with Gasteiger partial charge in [0.15, 0.2) is 0 Å². The van der Waals surface area contributed by atoms with Gasteiger partial charge < -0.3 is 9.88 Å². The summed E-state index contributed by atoms with van der Waals surface area (Å²) in [6.45, 7) is 0.857. The molecule has 1 unspecified atom stereocenters. The minimum absolute atomic E-state index is 0.580. The molecule has 1 aliphatic carbocycles. The van der Waals surface area contributed by atoms with Gasteiger partial charge in [0.05, 0.1) is 6.54 Å². The molecule has 2 aromatic rings. The Hall–Kier alpha value is -1.61. The summed E-state index contributed by atoms with van der Waals surface area (Å²) < 4.78 is 2.07. The van der Waals surface area contributed by atoms with E-state index in [1.165, 1.54) is 24.0 Å². The SMILES string of the molecule is Cn1ccnc1CNC1CCc2ccccc2C1. The highest BCUT2D eigenvalue weighted by molar-refractivity contribution is 5.30. The topological polar surface area (TPSA) is 29.9 Å². The highest BCUT2D eigenvalue weighted by Crippen LogP contribution is 2.21. The molecule has 0 spiro atoms. The van der Waals surface area contributed by atoms with Crippen molar-refractivity contribution in [2.24, 2.45) is 7.05 Å². The van der Waals surface area contributed by atoms with Crippen LogP contribution in [0.3, 0.4) is 0 Å². The maximum absolute atomic E-state index is 4.34. The molecular formula is C15H19N3. The molecule has 0 saturated carbocycles. The van der Waals surface area contributed by atoms with Crippen LogP contribution in [0.4, 0.5) is 0 Å². The number of nitrogens with zero attached hydrogens (tertiary/aromatic N) is 2. The Morgan fingerprint density at radius 3 is 2.94 bits per heavy atom. The summed E-state index contributed by atoms with van der Waals surface area (Å²) in [7, 11) is 2.04. The molecule has 18 heavy (non-hydrogen) atoms. The van der Waals surface area contributed by atoms with E-state index in [2.05, 4.69) is 39.1 Å². The third-order valence-corrected chi connectivity index (χ3v) is 3.82. The molecule has 3 heteroatoms. The third kappa shape index (κ3) is 2.31. The van der Waals surface area contributed by atoms with E-state index in [4.69, 9.17) is 0 Å². The fraction of sp³-hybridized carbons (Fsp3) is 0.400. The van der Waals surface area contributed by atoms with Crippen molar-refractivity contribution in [1.29, 1.82) is 0 Å². The van der Waals surface area contributed by atoms with E-state index in [-0.39, 0.29) is 0 Å². The van der Waals surface area contributed by atoms with Crippen molar-refractivity contribution in [3.8, 4) is 0 Å². The molecule has 1 heterocycles. The fourth-order valence-corrected chi connectivity index (χ4v) is 2.67. The van der Waals surface area contributed by atoms with E-state index >= 15 is 0 Å². The van der Waals surface area contributed by atoms with Gasteiger partial charge in [-0.1, -0.05) is 24.3 Å². The van der Waals surface area contributed by atoms with Crippen molar-refractivity contribution in [2.75, 3.05) is 0 Å². The monoisotopic (exact) mass is 241 g/mol. The number of aromatic nitrogens is 2. The van der Waals surface area contributed by atoms with Crippen LogP contribution < -0.4 is 5.32 Å². The molecule has 0 saturated heterocycles. The van der Waals surface area contributed by atoms with Gasteiger partial charge in [-0.25, -0.2) is 4.98 Å². The first-order valence-electron chi connectivity index (χ1n) is 6.59. The predicted molar refractivity (Wildman–Crippen MR) is 72.3 cm³/mol. The zero-order chi connectivity index (χ0) is 12.4. The normalized spacial score (nSPS) is 18.6. The van der Waals surface area contributed by atoms with Crippen molar-refractivity contribution in [3.05, 3.63) is 53.6 Å².